The van der Waals surface area contributed by atoms with Crippen LogP contribution in [0.25, 0.3) is 0 Å². The summed E-state index contributed by atoms with van der Waals surface area (Å²) in [6.45, 7) is 7.43. The lowest BCUT2D eigenvalue weighted by atomic mass is 9.99. The highest BCUT2D eigenvalue weighted by molar-refractivity contribution is 6.02. The van der Waals surface area contributed by atoms with Crippen molar-refractivity contribution in [3.8, 4) is 5.75 Å². The predicted octanol–water partition coefficient (Wildman–Crippen LogP) is 4.32. The molecule has 0 unspecified atom stereocenters. The number of urea groups is 2. The SMILES string of the molecule is Cc1noc(C)c1NC(=O)N(C)C[C@H]1Oc2ccc(NC(=O)Nc3ccccc3)cc2C(=O)N([C@@H](C)CO)C[C@H]1C. The quantitative estimate of drug-likeness (QED) is 0.334. The van der Waals surface area contributed by atoms with Gasteiger partial charge in [0.05, 0.1) is 24.8 Å². The van der Waals surface area contributed by atoms with E-state index in [1.54, 1.807) is 63.1 Å². The molecule has 0 saturated carbocycles. The summed E-state index contributed by atoms with van der Waals surface area (Å²) >= 11 is 0. The van der Waals surface area contributed by atoms with Crippen LogP contribution in [-0.4, -0.2) is 76.9 Å². The molecule has 3 atom stereocenters. The van der Waals surface area contributed by atoms with Gasteiger partial charge in [-0.1, -0.05) is 30.3 Å². The third-order valence-electron chi connectivity index (χ3n) is 7.02. The van der Waals surface area contributed by atoms with Crippen molar-refractivity contribution in [1.29, 1.82) is 0 Å². The Bertz CT molecular complexity index is 1370. The molecule has 0 aliphatic carbocycles. The van der Waals surface area contributed by atoms with Gasteiger partial charge >= 0.3 is 12.1 Å². The lowest BCUT2D eigenvalue weighted by Crippen LogP contribution is -2.50. The molecular formula is C29H36N6O6. The molecule has 4 N–H and O–H groups in total. The first-order valence-corrected chi connectivity index (χ1v) is 13.4. The molecule has 41 heavy (non-hydrogen) atoms. The molecular weight excluding hydrogens is 528 g/mol. The molecule has 1 aliphatic rings. The summed E-state index contributed by atoms with van der Waals surface area (Å²) in [5.74, 6) is 0.298. The Morgan fingerprint density at radius 3 is 2.49 bits per heavy atom. The number of rotatable bonds is 7. The number of aliphatic hydroxyl groups excluding tert-OH is 1. The number of ether oxygens (including phenoxy) is 1. The van der Waals surface area contributed by atoms with Gasteiger partial charge in [-0.3, -0.25) is 4.79 Å². The molecule has 5 amide bonds. The van der Waals surface area contributed by atoms with Gasteiger partial charge in [-0.15, -0.1) is 0 Å². The average molecular weight is 565 g/mol. The van der Waals surface area contributed by atoms with Crippen molar-refractivity contribution < 1.29 is 28.8 Å². The number of para-hydroxylation sites is 1. The molecule has 3 aromatic rings. The summed E-state index contributed by atoms with van der Waals surface area (Å²) in [4.78, 5) is 42.3. The van der Waals surface area contributed by atoms with Gasteiger partial charge in [-0.2, -0.15) is 0 Å². The molecule has 218 valence electrons. The number of nitrogens with one attached hydrogen (secondary N) is 3. The Morgan fingerprint density at radius 1 is 1.12 bits per heavy atom. The van der Waals surface area contributed by atoms with E-state index in [1.807, 2.05) is 25.1 Å². The second-order valence-corrected chi connectivity index (χ2v) is 10.3. The van der Waals surface area contributed by atoms with Crippen LogP contribution in [0.2, 0.25) is 0 Å². The van der Waals surface area contributed by atoms with Crippen LogP contribution in [0.15, 0.2) is 53.1 Å². The number of likely N-dealkylation sites (N-methyl/N-ethyl adjacent to an activating group) is 1. The second kappa shape index (κ2) is 12.7. The van der Waals surface area contributed by atoms with Crippen LogP contribution in [0.1, 0.15) is 35.7 Å². The Hall–Kier alpha value is -4.58. The lowest BCUT2D eigenvalue weighted by molar-refractivity contribution is 0.0371. The van der Waals surface area contributed by atoms with E-state index >= 15 is 0 Å². The number of amides is 5. The maximum atomic E-state index is 13.7. The summed E-state index contributed by atoms with van der Waals surface area (Å²) in [6.07, 6.45) is -0.490. The van der Waals surface area contributed by atoms with Crippen molar-refractivity contribution in [2.45, 2.75) is 39.8 Å². The van der Waals surface area contributed by atoms with Crippen molar-refractivity contribution in [1.82, 2.24) is 15.0 Å². The van der Waals surface area contributed by atoms with Gasteiger partial charge in [0.2, 0.25) is 0 Å². The van der Waals surface area contributed by atoms with Crippen molar-refractivity contribution in [2.24, 2.45) is 5.92 Å². The van der Waals surface area contributed by atoms with E-state index in [4.69, 9.17) is 9.26 Å². The first kappa shape index (κ1) is 29.4. The fourth-order valence-electron chi connectivity index (χ4n) is 4.55. The highest BCUT2D eigenvalue weighted by Gasteiger charge is 2.34. The smallest absolute Gasteiger partial charge is 0.323 e. The number of carbonyl (C=O) groups excluding carboxylic acids is 3. The van der Waals surface area contributed by atoms with E-state index in [2.05, 4.69) is 21.1 Å². The van der Waals surface area contributed by atoms with Gasteiger partial charge in [-0.25, -0.2) is 9.59 Å². The number of fused-ring (bicyclic) bond motifs is 1. The summed E-state index contributed by atoms with van der Waals surface area (Å²) in [7, 11) is 1.65. The Balaban J connectivity index is 1.56. The molecule has 1 aromatic heterocycles. The molecule has 12 nitrogen and oxygen atoms in total. The summed E-state index contributed by atoms with van der Waals surface area (Å²) < 4.78 is 11.5. The van der Waals surface area contributed by atoms with E-state index in [0.29, 0.717) is 34.3 Å². The number of carbonyl (C=O) groups is 3. The first-order chi connectivity index (χ1) is 19.6. The second-order valence-electron chi connectivity index (χ2n) is 10.3. The fraction of sp³-hybridized carbons (Fsp3) is 0.379. The van der Waals surface area contributed by atoms with Crippen molar-refractivity contribution in [2.75, 3.05) is 42.7 Å². The standard InChI is InChI=1S/C29H36N6O6/c1-17-14-35(18(2)16-36)27(37)23-13-22(31-28(38)30-21-9-7-6-8-10-21)11-12-24(23)40-25(17)15-34(5)29(39)32-26-19(3)33-41-20(26)4/h6-13,17-18,25,36H,14-16H2,1-5H3,(H,32,39)(H2,30,31,38)/t17-,18+,25-/m1/s1. The van der Waals surface area contributed by atoms with Crippen LogP contribution in [0.5, 0.6) is 5.75 Å². The van der Waals surface area contributed by atoms with E-state index < -0.39 is 18.2 Å². The summed E-state index contributed by atoms with van der Waals surface area (Å²) in [5, 5.41) is 22.1. The number of benzene rings is 2. The van der Waals surface area contributed by atoms with Gasteiger partial charge in [0.25, 0.3) is 5.91 Å². The van der Waals surface area contributed by atoms with Crippen molar-refractivity contribution >= 4 is 35.0 Å². The number of nitrogens with zero attached hydrogens (tertiary/aromatic N) is 3. The van der Waals surface area contributed by atoms with Crippen LogP contribution in [-0.2, 0) is 0 Å². The zero-order valence-corrected chi connectivity index (χ0v) is 23.8. The lowest BCUT2D eigenvalue weighted by Gasteiger charge is -2.38. The van der Waals surface area contributed by atoms with Crippen LogP contribution >= 0.6 is 0 Å². The normalized spacial score (nSPS) is 17.4. The van der Waals surface area contributed by atoms with Gasteiger partial charge in [0, 0.05) is 30.9 Å². The Kier molecular flexibility index (Phi) is 9.13. The summed E-state index contributed by atoms with van der Waals surface area (Å²) in [5.41, 5.74) is 2.35. The summed E-state index contributed by atoms with van der Waals surface area (Å²) in [6, 6.07) is 12.5. The highest BCUT2D eigenvalue weighted by Crippen LogP contribution is 2.31. The van der Waals surface area contributed by atoms with Crippen LogP contribution in [0.4, 0.5) is 26.7 Å². The maximum absolute atomic E-state index is 13.7. The maximum Gasteiger partial charge on any atom is 0.323 e. The number of aromatic nitrogens is 1. The fourth-order valence-corrected chi connectivity index (χ4v) is 4.55. The molecule has 1 aliphatic heterocycles. The minimum atomic E-state index is -0.490. The third-order valence-corrected chi connectivity index (χ3v) is 7.02. The zero-order valence-electron chi connectivity index (χ0n) is 23.8. The topological polar surface area (TPSA) is 149 Å². The number of aryl methyl sites for hydroxylation is 2. The van der Waals surface area contributed by atoms with Gasteiger partial charge in [0.15, 0.2) is 5.76 Å². The van der Waals surface area contributed by atoms with Crippen LogP contribution in [0, 0.1) is 19.8 Å². The Morgan fingerprint density at radius 2 is 1.83 bits per heavy atom. The number of hydrogen-bond donors (Lipinski definition) is 4. The van der Waals surface area contributed by atoms with E-state index in [9.17, 15) is 19.5 Å². The highest BCUT2D eigenvalue weighted by atomic mass is 16.5. The van der Waals surface area contributed by atoms with Gasteiger partial charge < -0.3 is 40.1 Å². The zero-order chi connectivity index (χ0) is 29.7. The van der Waals surface area contributed by atoms with Gasteiger partial charge in [-0.05, 0) is 51.1 Å². The molecule has 0 radical (unpaired) electrons. The monoisotopic (exact) mass is 564 g/mol. The number of aliphatic hydroxyl groups is 1. The molecule has 4 rings (SSSR count). The minimum absolute atomic E-state index is 0.190. The van der Waals surface area contributed by atoms with E-state index in [1.165, 1.54) is 4.90 Å². The number of hydrogen-bond acceptors (Lipinski definition) is 7. The average Bonchev–Trinajstić information content (AvgIpc) is 3.27. The molecule has 0 spiro atoms. The van der Waals surface area contributed by atoms with Crippen LogP contribution < -0.4 is 20.7 Å². The number of anilines is 3. The predicted molar refractivity (Wildman–Crippen MR) is 154 cm³/mol. The third kappa shape index (κ3) is 6.95. The van der Waals surface area contributed by atoms with Gasteiger partial charge in [0.1, 0.15) is 23.2 Å². The molecule has 12 heteroatoms. The molecule has 2 heterocycles. The first-order valence-electron chi connectivity index (χ1n) is 13.4. The molecule has 2 aromatic carbocycles. The van der Waals surface area contributed by atoms with Crippen molar-refractivity contribution in [3.63, 3.8) is 0 Å². The molecule has 0 fully saturated rings. The molecule has 0 bridgehead atoms. The molecule has 0 saturated heterocycles. The van der Waals surface area contributed by atoms with Crippen molar-refractivity contribution in [3.05, 3.63) is 65.5 Å². The van der Waals surface area contributed by atoms with E-state index in [-0.39, 0.29) is 43.1 Å². The van der Waals surface area contributed by atoms with E-state index in [0.717, 1.165) is 0 Å². The Labute approximate surface area is 238 Å². The minimum Gasteiger partial charge on any atom is -0.487 e. The van der Waals surface area contributed by atoms with Crippen LogP contribution in [0.3, 0.4) is 0 Å². The largest absolute Gasteiger partial charge is 0.487 e.